The van der Waals surface area contributed by atoms with Gasteiger partial charge in [0.25, 0.3) is 0 Å². The summed E-state index contributed by atoms with van der Waals surface area (Å²) in [5, 5.41) is 16.4. The number of ether oxygens (including phenoxy) is 10. The van der Waals surface area contributed by atoms with Gasteiger partial charge in [-0.25, -0.2) is 0 Å². The van der Waals surface area contributed by atoms with Gasteiger partial charge in [-0.1, -0.05) is 44.5 Å². The van der Waals surface area contributed by atoms with Crippen LogP contribution in [-0.2, 0) is 83.3 Å². The minimum Gasteiger partial charge on any atom is -0.377 e. The Hall–Kier alpha value is -2.78. The molecular formula is C45H84N6O12. The summed E-state index contributed by atoms with van der Waals surface area (Å²) in [6.45, 7) is 26.9. The Labute approximate surface area is 378 Å². The summed E-state index contributed by atoms with van der Waals surface area (Å²) in [7, 11) is 0. The number of carbonyl (C=O) groups excluding carboxylic acids is 2. The van der Waals surface area contributed by atoms with Crippen LogP contribution < -0.4 is 0 Å². The summed E-state index contributed by atoms with van der Waals surface area (Å²) in [5.74, 6) is 0.916. The molecule has 0 atom stereocenters. The lowest BCUT2D eigenvalue weighted by Crippen LogP contribution is -2.14. The molecule has 0 bridgehead atoms. The smallest absolute Gasteiger partial charge is 0.135 e. The Morgan fingerprint density at radius 3 is 1.06 bits per heavy atom. The van der Waals surface area contributed by atoms with Crippen LogP contribution in [0.15, 0.2) is 12.4 Å². The highest BCUT2D eigenvalue weighted by Crippen LogP contribution is 2.08. The minimum atomic E-state index is 0.121. The van der Waals surface area contributed by atoms with E-state index in [1.54, 1.807) is 4.68 Å². The van der Waals surface area contributed by atoms with Crippen molar-refractivity contribution in [1.82, 2.24) is 30.0 Å². The molecule has 0 radical (unpaired) electrons. The molecule has 2 aromatic rings. The van der Waals surface area contributed by atoms with Gasteiger partial charge in [0.2, 0.25) is 0 Å². The van der Waals surface area contributed by atoms with Crippen molar-refractivity contribution in [2.45, 2.75) is 139 Å². The van der Waals surface area contributed by atoms with E-state index >= 15 is 0 Å². The predicted molar refractivity (Wildman–Crippen MR) is 238 cm³/mol. The van der Waals surface area contributed by atoms with Crippen molar-refractivity contribution < 1.29 is 57.0 Å². The first-order valence-corrected chi connectivity index (χ1v) is 23.2. The molecule has 0 unspecified atom stereocenters. The van der Waals surface area contributed by atoms with Crippen molar-refractivity contribution in [3.63, 3.8) is 0 Å². The SMILES string of the molecule is CC(C)OCCOCCOCCOCCOCCOCc1cn(CCCCCC(=O)C(C)C)nn1.CC(C)OCCOCCOCCOCc1cn(CCCCC(=O)C(C)C)nn1. The molecule has 2 aromatic heterocycles. The van der Waals surface area contributed by atoms with E-state index in [4.69, 9.17) is 47.4 Å². The first kappa shape index (κ1) is 58.2. The van der Waals surface area contributed by atoms with Gasteiger partial charge in [-0.3, -0.25) is 19.0 Å². The van der Waals surface area contributed by atoms with E-state index in [-0.39, 0.29) is 24.0 Å². The number of Topliss-reactive ketones (excluding diaryl/α,β-unsaturated/α-hetero) is 2. The second kappa shape index (κ2) is 40.7. The zero-order valence-electron chi connectivity index (χ0n) is 40.1. The van der Waals surface area contributed by atoms with Gasteiger partial charge < -0.3 is 47.4 Å². The van der Waals surface area contributed by atoms with Crippen LogP contribution in [0.1, 0.15) is 112 Å². The number of rotatable bonds is 43. The van der Waals surface area contributed by atoms with Crippen molar-refractivity contribution in [2.75, 3.05) is 106 Å². The molecule has 0 saturated carbocycles. The molecule has 2 rings (SSSR count). The van der Waals surface area contributed by atoms with Crippen LogP contribution in [-0.4, -0.2) is 159 Å². The minimum absolute atomic E-state index is 0.121. The molecule has 0 fully saturated rings. The Morgan fingerprint density at radius 2 is 0.730 bits per heavy atom. The number of hydrogen-bond donors (Lipinski definition) is 0. The number of unbranched alkanes of at least 4 members (excludes halogenated alkanes) is 3. The molecule has 0 aliphatic rings. The summed E-state index contributed by atoms with van der Waals surface area (Å²) < 4.78 is 58.2. The van der Waals surface area contributed by atoms with E-state index in [2.05, 4.69) is 20.6 Å². The molecule has 18 heteroatoms. The highest BCUT2D eigenvalue weighted by molar-refractivity contribution is 5.80. The van der Waals surface area contributed by atoms with Crippen molar-refractivity contribution in [3.05, 3.63) is 23.8 Å². The second-order valence-electron chi connectivity index (χ2n) is 16.1. The van der Waals surface area contributed by atoms with Crippen LogP contribution in [0, 0.1) is 11.8 Å². The highest BCUT2D eigenvalue weighted by Gasteiger charge is 2.08. The zero-order valence-corrected chi connectivity index (χ0v) is 40.1. The molecular weight excluding hydrogens is 817 g/mol. The van der Waals surface area contributed by atoms with Gasteiger partial charge >= 0.3 is 0 Å². The van der Waals surface area contributed by atoms with Gasteiger partial charge in [-0.05, 0) is 53.4 Å². The Bertz CT molecular complexity index is 1340. The first-order valence-electron chi connectivity index (χ1n) is 23.2. The summed E-state index contributed by atoms with van der Waals surface area (Å²) in [5.41, 5.74) is 1.60. The topological polar surface area (TPSA) is 188 Å². The quantitative estimate of drug-likeness (QED) is 0.0735. The van der Waals surface area contributed by atoms with Crippen molar-refractivity contribution in [2.24, 2.45) is 11.8 Å². The van der Waals surface area contributed by atoms with E-state index in [1.807, 2.05) is 72.5 Å². The number of ketones is 2. The number of carbonyl (C=O) groups is 2. The molecule has 0 aliphatic heterocycles. The molecule has 366 valence electrons. The molecule has 63 heavy (non-hydrogen) atoms. The highest BCUT2D eigenvalue weighted by atomic mass is 16.6. The maximum absolute atomic E-state index is 11.6. The molecule has 0 spiro atoms. The monoisotopic (exact) mass is 901 g/mol. The van der Waals surface area contributed by atoms with Crippen molar-refractivity contribution in [3.8, 4) is 0 Å². The predicted octanol–water partition coefficient (Wildman–Crippen LogP) is 5.72. The van der Waals surface area contributed by atoms with E-state index < -0.39 is 0 Å². The van der Waals surface area contributed by atoms with Crippen LogP contribution in [0.5, 0.6) is 0 Å². The Morgan fingerprint density at radius 1 is 0.429 bits per heavy atom. The molecule has 0 amide bonds. The van der Waals surface area contributed by atoms with Crippen molar-refractivity contribution in [1.29, 1.82) is 0 Å². The lowest BCUT2D eigenvalue weighted by molar-refractivity contribution is -0.122. The lowest BCUT2D eigenvalue weighted by Gasteiger charge is -2.09. The standard InChI is InChI=1S/C25H47N3O7.C20H37N3O5/c1-22(2)25(29)8-6-5-7-9-28-20-24(26-27-28)21-34-17-16-32-13-12-30-10-11-31-14-15-33-18-19-35-23(3)4;1-17(2)20(24)7-5-6-8-23-15-19(21-22-23)16-27-12-11-25-9-10-26-13-14-28-18(3)4/h20,22-23H,5-19,21H2,1-4H3;15,17-18H,5-14,16H2,1-4H3. The van der Waals surface area contributed by atoms with Crippen LogP contribution >= 0.6 is 0 Å². The number of aromatic nitrogens is 6. The maximum atomic E-state index is 11.6. The van der Waals surface area contributed by atoms with Crippen LogP contribution in [0.3, 0.4) is 0 Å². The van der Waals surface area contributed by atoms with E-state index in [1.165, 1.54) is 0 Å². The fourth-order valence-electron chi connectivity index (χ4n) is 5.29. The summed E-state index contributed by atoms with van der Waals surface area (Å²) in [6, 6.07) is 0. The van der Waals surface area contributed by atoms with E-state index in [9.17, 15) is 9.59 Å². The fraction of sp³-hybridized carbons (Fsp3) is 0.867. The zero-order chi connectivity index (χ0) is 46.2. The number of hydrogen-bond acceptors (Lipinski definition) is 16. The molecule has 18 nitrogen and oxygen atoms in total. The summed E-state index contributed by atoms with van der Waals surface area (Å²) in [6.07, 6.45) is 10.3. The molecule has 0 N–H and O–H groups in total. The third kappa shape index (κ3) is 37.2. The summed E-state index contributed by atoms with van der Waals surface area (Å²) in [4.78, 5) is 23.2. The summed E-state index contributed by atoms with van der Waals surface area (Å²) >= 11 is 0. The third-order valence-electron chi connectivity index (χ3n) is 8.92. The van der Waals surface area contributed by atoms with Gasteiger partial charge in [0, 0.05) is 37.8 Å². The number of aryl methyl sites for hydroxylation is 2. The van der Waals surface area contributed by atoms with Gasteiger partial charge in [0.15, 0.2) is 0 Å². The van der Waals surface area contributed by atoms with Crippen LogP contribution in [0.25, 0.3) is 0 Å². The van der Waals surface area contributed by atoms with Crippen LogP contribution in [0.2, 0.25) is 0 Å². The average Bonchev–Trinajstić information content (AvgIpc) is 3.91. The van der Waals surface area contributed by atoms with Crippen molar-refractivity contribution >= 4 is 11.6 Å². The van der Waals surface area contributed by atoms with Gasteiger partial charge in [-0.2, -0.15) is 0 Å². The maximum Gasteiger partial charge on any atom is 0.135 e. The normalized spacial score (nSPS) is 11.7. The largest absolute Gasteiger partial charge is 0.377 e. The number of nitrogens with zero attached hydrogens (tertiary/aromatic N) is 6. The van der Waals surface area contributed by atoms with E-state index in [0.29, 0.717) is 143 Å². The molecule has 2 heterocycles. The average molecular weight is 901 g/mol. The fourth-order valence-corrected chi connectivity index (χ4v) is 5.29. The lowest BCUT2D eigenvalue weighted by atomic mass is 10.0. The molecule has 0 aliphatic carbocycles. The Kier molecular flexibility index (Phi) is 37.6. The third-order valence-corrected chi connectivity index (χ3v) is 8.92. The second-order valence-corrected chi connectivity index (χ2v) is 16.1. The molecule has 0 saturated heterocycles. The van der Waals surface area contributed by atoms with Crippen LogP contribution in [0.4, 0.5) is 0 Å². The molecule has 0 aromatic carbocycles. The van der Waals surface area contributed by atoms with E-state index in [0.717, 1.165) is 56.6 Å². The Balaban J connectivity index is 0.000000646. The first-order chi connectivity index (χ1) is 30.5. The van der Waals surface area contributed by atoms with Gasteiger partial charge in [0.1, 0.15) is 23.0 Å². The van der Waals surface area contributed by atoms with Gasteiger partial charge in [-0.15, -0.1) is 10.2 Å². The van der Waals surface area contributed by atoms with Gasteiger partial charge in [0.05, 0.1) is 144 Å².